The van der Waals surface area contributed by atoms with Crippen LogP contribution in [0, 0.1) is 0 Å². The Bertz CT molecular complexity index is 1140. The lowest BCUT2D eigenvalue weighted by Crippen LogP contribution is -2.23. The van der Waals surface area contributed by atoms with E-state index in [1.807, 2.05) is 42.7 Å². The molecule has 1 aliphatic heterocycles. The summed E-state index contributed by atoms with van der Waals surface area (Å²) < 4.78 is 40.6. The van der Waals surface area contributed by atoms with Crippen molar-refractivity contribution < 1.29 is 18.0 Å². The molecule has 2 aromatic carbocycles. The highest BCUT2D eigenvalue weighted by Crippen LogP contribution is 2.36. The summed E-state index contributed by atoms with van der Waals surface area (Å²) in [5.74, 6) is 0.382. The molecule has 0 spiro atoms. The van der Waals surface area contributed by atoms with E-state index in [1.165, 1.54) is 6.07 Å². The minimum absolute atomic E-state index is 0.0474. The van der Waals surface area contributed by atoms with Gasteiger partial charge >= 0.3 is 6.18 Å². The zero-order valence-corrected chi connectivity index (χ0v) is 18.8. The Hall–Kier alpha value is -3.20. The van der Waals surface area contributed by atoms with Crippen molar-refractivity contribution in [2.75, 3.05) is 28.3 Å². The Morgan fingerprint density at radius 3 is 2.58 bits per heavy atom. The van der Waals surface area contributed by atoms with Crippen molar-refractivity contribution in [2.45, 2.75) is 30.5 Å². The van der Waals surface area contributed by atoms with Gasteiger partial charge < -0.3 is 15.5 Å². The van der Waals surface area contributed by atoms with Crippen molar-refractivity contribution in [3.05, 3.63) is 71.9 Å². The van der Waals surface area contributed by atoms with Crippen LogP contribution in [-0.2, 0) is 17.5 Å². The molecule has 1 aliphatic rings. The third-order valence-corrected chi connectivity index (χ3v) is 6.08. The summed E-state index contributed by atoms with van der Waals surface area (Å²) in [4.78, 5) is 18.6. The number of nitrogens with zero attached hydrogens (tertiary/aromatic N) is 2. The van der Waals surface area contributed by atoms with E-state index < -0.39 is 11.7 Å². The van der Waals surface area contributed by atoms with Crippen LogP contribution < -0.4 is 15.5 Å². The molecule has 2 heterocycles. The van der Waals surface area contributed by atoms with E-state index in [-0.39, 0.29) is 24.0 Å². The number of aromatic nitrogens is 1. The molecule has 5 nitrogen and oxygen atoms in total. The average molecular weight is 473 g/mol. The van der Waals surface area contributed by atoms with Crippen LogP contribution in [0.2, 0.25) is 0 Å². The first kappa shape index (κ1) is 23.0. The minimum atomic E-state index is -4.53. The molecule has 1 amide bonds. The maximum atomic E-state index is 13.5. The molecule has 1 aromatic heterocycles. The van der Waals surface area contributed by atoms with Crippen molar-refractivity contribution in [3.8, 4) is 0 Å². The van der Waals surface area contributed by atoms with Crippen molar-refractivity contribution >= 4 is 40.5 Å². The van der Waals surface area contributed by atoms with Gasteiger partial charge in [-0.3, -0.25) is 4.79 Å². The van der Waals surface area contributed by atoms with E-state index in [9.17, 15) is 18.0 Å². The largest absolute Gasteiger partial charge is 0.419 e. The van der Waals surface area contributed by atoms with Gasteiger partial charge in [0.1, 0.15) is 5.82 Å². The highest BCUT2D eigenvalue weighted by Gasteiger charge is 2.34. The fourth-order valence-corrected chi connectivity index (χ4v) is 4.15. The average Bonchev–Trinajstić information content (AvgIpc) is 3.23. The molecule has 0 atom stereocenters. The Labute approximate surface area is 194 Å². The lowest BCUT2D eigenvalue weighted by Gasteiger charge is -2.17. The second kappa shape index (κ2) is 9.74. The van der Waals surface area contributed by atoms with Gasteiger partial charge in [0.15, 0.2) is 0 Å². The van der Waals surface area contributed by atoms with E-state index in [1.54, 1.807) is 28.8 Å². The van der Waals surface area contributed by atoms with E-state index in [0.717, 1.165) is 28.8 Å². The zero-order chi connectivity index (χ0) is 23.4. The fraction of sp³-hybridized carbons (Fsp3) is 0.250. The highest BCUT2D eigenvalue weighted by molar-refractivity contribution is 7.98. The highest BCUT2D eigenvalue weighted by atomic mass is 32.2. The molecule has 0 unspecified atom stereocenters. The van der Waals surface area contributed by atoms with Crippen molar-refractivity contribution in [1.29, 1.82) is 0 Å². The summed E-state index contributed by atoms with van der Waals surface area (Å²) in [5.41, 5.74) is 1.48. The molecule has 2 N–H and O–H groups in total. The predicted molar refractivity (Wildman–Crippen MR) is 126 cm³/mol. The van der Waals surface area contributed by atoms with Crippen molar-refractivity contribution in [3.63, 3.8) is 0 Å². The van der Waals surface area contributed by atoms with Gasteiger partial charge in [-0.1, -0.05) is 12.1 Å². The van der Waals surface area contributed by atoms with Gasteiger partial charge in [-0.25, -0.2) is 4.98 Å². The number of nitrogens with one attached hydrogen (secondary N) is 2. The number of halogens is 3. The van der Waals surface area contributed by atoms with Gasteiger partial charge in [-0.2, -0.15) is 13.2 Å². The molecule has 3 aromatic rings. The number of hydrogen-bond donors (Lipinski definition) is 2. The van der Waals surface area contributed by atoms with Crippen LogP contribution in [0.4, 0.5) is 36.1 Å². The summed E-state index contributed by atoms with van der Waals surface area (Å²) in [7, 11) is 0. The summed E-state index contributed by atoms with van der Waals surface area (Å²) >= 11 is 1.58. The number of alkyl halides is 3. The molecular formula is C24H23F3N4OS. The third kappa shape index (κ3) is 5.60. The predicted octanol–water partition coefficient (Wildman–Crippen LogP) is 6.30. The van der Waals surface area contributed by atoms with Gasteiger partial charge in [0.25, 0.3) is 0 Å². The first-order chi connectivity index (χ1) is 15.8. The van der Waals surface area contributed by atoms with Crippen LogP contribution in [0.25, 0.3) is 0 Å². The fourth-order valence-electron chi connectivity index (χ4n) is 3.67. The van der Waals surface area contributed by atoms with Gasteiger partial charge in [-0.05, 0) is 54.6 Å². The maximum Gasteiger partial charge on any atom is 0.419 e. The normalized spacial score (nSPS) is 13.9. The van der Waals surface area contributed by atoms with E-state index in [0.29, 0.717) is 18.7 Å². The summed E-state index contributed by atoms with van der Waals surface area (Å²) in [5, 5.41) is 5.95. The number of thioether (sulfide) groups is 1. The maximum absolute atomic E-state index is 13.5. The molecule has 1 saturated heterocycles. The van der Waals surface area contributed by atoms with Crippen LogP contribution in [-0.4, -0.2) is 23.7 Å². The summed E-state index contributed by atoms with van der Waals surface area (Å²) in [6.45, 7) is 0.945. The van der Waals surface area contributed by atoms with Crippen LogP contribution in [0.5, 0.6) is 0 Å². The summed E-state index contributed by atoms with van der Waals surface area (Å²) in [6.07, 6.45) is -0.359. The molecule has 33 heavy (non-hydrogen) atoms. The van der Waals surface area contributed by atoms with E-state index in [2.05, 4.69) is 15.6 Å². The zero-order valence-electron chi connectivity index (χ0n) is 17.9. The molecule has 0 radical (unpaired) electrons. The third-order valence-electron chi connectivity index (χ3n) is 5.35. The second-order valence-electron chi connectivity index (χ2n) is 7.64. The molecule has 4 rings (SSSR count). The number of carbonyl (C=O) groups excluding carboxylic acids is 1. The van der Waals surface area contributed by atoms with Crippen molar-refractivity contribution in [2.24, 2.45) is 0 Å². The van der Waals surface area contributed by atoms with Crippen LogP contribution in [0.3, 0.4) is 0 Å². The topological polar surface area (TPSA) is 57.3 Å². The Morgan fingerprint density at radius 2 is 1.91 bits per heavy atom. The SMILES string of the molecule is CSc1cccc(CNc2cc(Nc3ccc(N4CCCC4=O)cc3)ncc2C(F)(F)F)c1. The molecular weight excluding hydrogens is 449 g/mol. The van der Waals surface area contributed by atoms with E-state index >= 15 is 0 Å². The molecule has 0 aliphatic carbocycles. The standard InChI is InChI=1S/C24H23F3N4OS/c1-33-19-5-2-4-16(12-19)14-28-21-13-22(29-15-20(21)24(25,26)27)30-17-7-9-18(10-8-17)31-11-3-6-23(31)32/h2,4-5,7-10,12-13,15H,3,6,11,14H2,1H3,(H2,28,29,30). The number of pyridine rings is 1. The smallest absolute Gasteiger partial charge is 0.380 e. The molecule has 0 bridgehead atoms. The van der Waals surface area contributed by atoms with Crippen LogP contribution >= 0.6 is 11.8 Å². The number of carbonyl (C=O) groups is 1. The van der Waals surface area contributed by atoms with Crippen molar-refractivity contribution in [1.82, 2.24) is 4.98 Å². The second-order valence-corrected chi connectivity index (χ2v) is 8.52. The lowest BCUT2D eigenvalue weighted by atomic mass is 10.2. The molecule has 1 fully saturated rings. The first-order valence-corrected chi connectivity index (χ1v) is 11.7. The number of anilines is 4. The van der Waals surface area contributed by atoms with E-state index in [4.69, 9.17) is 0 Å². The number of benzene rings is 2. The quantitative estimate of drug-likeness (QED) is 0.395. The molecule has 9 heteroatoms. The Kier molecular flexibility index (Phi) is 6.78. The number of hydrogen-bond acceptors (Lipinski definition) is 5. The van der Waals surface area contributed by atoms with Gasteiger partial charge in [0.05, 0.1) is 11.3 Å². The van der Waals surface area contributed by atoms with Gasteiger partial charge in [0.2, 0.25) is 5.91 Å². The monoisotopic (exact) mass is 472 g/mol. The number of rotatable bonds is 7. The Morgan fingerprint density at radius 1 is 1.12 bits per heavy atom. The first-order valence-electron chi connectivity index (χ1n) is 10.4. The molecule has 0 saturated carbocycles. The van der Waals surface area contributed by atoms with Crippen LogP contribution in [0.15, 0.2) is 65.7 Å². The minimum Gasteiger partial charge on any atom is -0.380 e. The van der Waals surface area contributed by atoms with Gasteiger partial charge in [-0.15, -0.1) is 11.8 Å². The lowest BCUT2D eigenvalue weighted by molar-refractivity contribution is -0.137. The number of amides is 1. The van der Waals surface area contributed by atoms with Gasteiger partial charge in [0, 0.05) is 48.0 Å². The summed E-state index contributed by atoms with van der Waals surface area (Å²) in [6, 6.07) is 16.2. The van der Waals surface area contributed by atoms with Crippen LogP contribution in [0.1, 0.15) is 24.0 Å². The molecule has 172 valence electrons. The Balaban J connectivity index is 1.52.